The fraction of sp³-hybridized carbons (Fsp3) is 0.357. The van der Waals surface area contributed by atoms with E-state index in [0.29, 0.717) is 17.9 Å². The number of hydrogen-bond acceptors (Lipinski definition) is 3. The molecule has 0 atom stereocenters. The molecule has 1 aliphatic heterocycles. The molecule has 1 aliphatic rings. The van der Waals surface area contributed by atoms with Gasteiger partial charge in [0.25, 0.3) is 0 Å². The molecule has 112 valence electrons. The first-order valence-corrected chi connectivity index (χ1v) is 6.58. The lowest BCUT2D eigenvalue weighted by atomic mass is 10.1. The van der Waals surface area contributed by atoms with Crippen molar-refractivity contribution in [2.75, 3.05) is 6.54 Å². The Morgan fingerprint density at radius 1 is 1.33 bits per heavy atom. The maximum atomic E-state index is 12.6. The maximum Gasteiger partial charge on any atom is 0.416 e. The normalized spacial score (nSPS) is 14.8. The molecule has 1 aromatic heterocycles. The van der Waals surface area contributed by atoms with Gasteiger partial charge >= 0.3 is 6.18 Å². The largest absolute Gasteiger partial charge is 0.485 e. The highest BCUT2D eigenvalue weighted by atomic mass is 19.4. The summed E-state index contributed by atoms with van der Waals surface area (Å²) in [5.41, 5.74) is 0.740. The molecule has 4 nitrogen and oxygen atoms in total. The summed E-state index contributed by atoms with van der Waals surface area (Å²) < 4.78 is 45.4. The first kappa shape index (κ1) is 13.9. The zero-order valence-electron chi connectivity index (χ0n) is 11.2. The summed E-state index contributed by atoms with van der Waals surface area (Å²) in [6, 6.07) is 5.16. The molecular formula is C14H14F3N3O. The molecule has 0 bridgehead atoms. The molecule has 21 heavy (non-hydrogen) atoms. The van der Waals surface area contributed by atoms with Crippen LogP contribution in [0.15, 0.2) is 30.5 Å². The number of fused-ring (bicyclic) bond motifs is 1. The Kier molecular flexibility index (Phi) is 3.59. The van der Waals surface area contributed by atoms with Gasteiger partial charge in [-0.25, -0.2) is 0 Å². The first-order valence-electron chi connectivity index (χ1n) is 6.58. The summed E-state index contributed by atoms with van der Waals surface area (Å²) in [4.78, 5) is 0. The summed E-state index contributed by atoms with van der Waals surface area (Å²) in [7, 11) is 0. The summed E-state index contributed by atoms with van der Waals surface area (Å²) in [6.45, 7) is 2.35. The predicted octanol–water partition coefficient (Wildman–Crippen LogP) is 2.58. The van der Waals surface area contributed by atoms with Crippen molar-refractivity contribution in [2.45, 2.75) is 25.9 Å². The van der Waals surface area contributed by atoms with Gasteiger partial charge in [-0.1, -0.05) is 12.1 Å². The van der Waals surface area contributed by atoms with Crippen LogP contribution in [0.1, 0.15) is 16.8 Å². The van der Waals surface area contributed by atoms with Crippen molar-refractivity contribution in [1.82, 2.24) is 15.1 Å². The molecular weight excluding hydrogens is 283 g/mol. The van der Waals surface area contributed by atoms with Gasteiger partial charge < -0.3 is 10.1 Å². The highest BCUT2D eigenvalue weighted by molar-refractivity contribution is 5.28. The van der Waals surface area contributed by atoms with Crippen molar-refractivity contribution in [3.05, 3.63) is 47.3 Å². The van der Waals surface area contributed by atoms with E-state index in [1.807, 2.05) is 4.68 Å². The van der Waals surface area contributed by atoms with Gasteiger partial charge in [0.05, 0.1) is 24.0 Å². The van der Waals surface area contributed by atoms with Crippen LogP contribution in [0.5, 0.6) is 5.75 Å². The van der Waals surface area contributed by atoms with Gasteiger partial charge in [0, 0.05) is 13.1 Å². The molecule has 0 aliphatic carbocycles. The molecule has 0 saturated heterocycles. The zero-order valence-corrected chi connectivity index (χ0v) is 11.2. The SMILES string of the molecule is FC(F)(F)c1cccc(COc2cnn3c2CNCC3)c1. The highest BCUT2D eigenvalue weighted by Gasteiger charge is 2.30. The van der Waals surface area contributed by atoms with Gasteiger partial charge in [-0.2, -0.15) is 18.3 Å². The Hall–Kier alpha value is -2.02. The molecule has 0 spiro atoms. The van der Waals surface area contributed by atoms with Crippen molar-refractivity contribution in [3.63, 3.8) is 0 Å². The third-order valence-corrected chi connectivity index (χ3v) is 3.35. The number of benzene rings is 1. The number of nitrogens with one attached hydrogen (secondary N) is 1. The number of ether oxygens (including phenoxy) is 1. The fourth-order valence-electron chi connectivity index (χ4n) is 2.28. The molecule has 1 N–H and O–H groups in total. The number of alkyl halides is 3. The molecule has 0 fully saturated rings. The van der Waals surface area contributed by atoms with Crippen LogP contribution in [0.2, 0.25) is 0 Å². The van der Waals surface area contributed by atoms with Gasteiger partial charge in [-0.15, -0.1) is 0 Å². The van der Waals surface area contributed by atoms with E-state index in [4.69, 9.17) is 4.74 Å². The molecule has 3 rings (SSSR count). The Morgan fingerprint density at radius 3 is 3.00 bits per heavy atom. The average Bonchev–Trinajstić information content (AvgIpc) is 2.88. The number of aromatic nitrogens is 2. The second-order valence-corrected chi connectivity index (χ2v) is 4.84. The summed E-state index contributed by atoms with van der Waals surface area (Å²) in [5, 5.41) is 7.40. The van der Waals surface area contributed by atoms with E-state index in [0.717, 1.165) is 30.9 Å². The Morgan fingerprint density at radius 2 is 2.19 bits per heavy atom. The summed E-state index contributed by atoms with van der Waals surface area (Å²) >= 11 is 0. The lowest BCUT2D eigenvalue weighted by Gasteiger charge is -2.16. The minimum Gasteiger partial charge on any atom is -0.485 e. The molecule has 0 saturated carbocycles. The average molecular weight is 297 g/mol. The number of rotatable bonds is 3. The van der Waals surface area contributed by atoms with Crippen molar-refractivity contribution in [3.8, 4) is 5.75 Å². The molecule has 1 aromatic carbocycles. The van der Waals surface area contributed by atoms with E-state index >= 15 is 0 Å². The van der Waals surface area contributed by atoms with Gasteiger partial charge in [-0.05, 0) is 17.7 Å². The van der Waals surface area contributed by atoms with Gasteiger partial charge in [0.2, 0.25) is 0 Å². The van der Waals surface area contributed by atoms with Gasteiger partial charge in [0.15, 0.2) is 5.75 Å². The number of halogens is 3. The molecule has 2 aromatic rings. The van der Waals surface area contributed by atoms with Gasteiger partial charge in [-0.3, -0.25) is 4.68 Å². The van der Waals surface area contributed by atoms with Crippen LogP contribution in [0.4, 0.5) is 13.2 Å². The van der Waals surface area contributed by atoms with Crippen LogP contribution < -0.4 is 10.1 Å². The fourth-order valence-corrected chi connectivity index (χ4v) is 2.28. The van der Waals surface area contributed by atoms with Crippen molar-refractivity contribution in [2.24, 2.45) is 0 Å². The minimum absolute atomic E-state index is 0.0859. The molecule has 2 heterocycles. The summed E-state index contributed by atoms with van der Waals surface area (Å²) in [6.07, 6.45) is -2.73. The third kappa shape index (κ3) is 3.02. The highest BCUT2D eigenvalue weighted by Crippen LogP contribution is 2.30. The second-order valence-electron chi connectivity index (χ2n) is 4.84. The molecule has 0 radical (unpaired) electrons. The van der Waals surface area contributed by atoms with E-state index in [2.05, 4.69) is 10.4 Å². The number of nitrogens with zero attached hydrogens (tertiary/aromatic N) is 2. The lowest BCUT2D eigenvalue weighted by Crippen LogP contribution is -2.28. The van der Waals surface area contributed by atoms with Crippen LogP contribution >= 0.6 is 0 Å². The number of hydrogen-bond donors (Lipinski definition) is 1. The van der Waals surface area contributed by atoms with Crippen LogP contribution in [-0.2, 0) is 25.9 Å². The monoisotopic (exact) mass is 297 g/mol. The van der Waals surface area contributed by atoms with Crippen LogP contribution in [0, 0.1) is 0 Å². The van der Waals surface area contributed by atoms with E-state index in [9.17, 15) is 13.2 Å². The Balaban J connectivity index is 1.72. The second kappa shape index (κ2) is 5.40. The van der Waals surface area contributed by atoms with Crippen LogP contribution in [-0.4, -0.2) is 16.3 Å². The first-order chi connectivity index (χ1) is 10.0. The minimum atomic E-state index is -4.34. The molecule has 0 amide bonds. The van der Waals surface area contributed by atoms with Gasteiger partial charge in [0.1, 0.15) is 6.61 Å². The van der Waals surface area contributed by atoms with Crippen LogP contribution in [0.25, 0.3) is 0 Å². The summed E-state index contributed by atoms with van der Waals surface area (Å²) in [5.74, 6) is 0.611. The van der Waals surface area contributed by atoms with Crippen LogP contribution in [0.3, 0.4) is 0 Å². The van der Waals surface area contributed by atoms with Crippen molar-refractivity contribution < 1.29 is 17.9 Å². The quantitative estimate of drug-likeness (QED) is 0.946. The van der Waals surface area contributed by atoms with E-state index in [1.54, 1.807) is 12.3 Å². The molecule has 0 unspecified atom stereocenters. The van der Waals surface area contributed by atoms with Crippen molar-refractivity contribution >= 4 is 0 Å². The Labute approximate surface area is 119 Å². The smallest absolute Gasteiger partial charge is 0.416 e. The van der Waals surface area contributed by atoms with Crippen molar-refractivity contribution in [1.29, 1.82) is 0 Å². The lowest BCUT2D eigenvalue weighted by molar-refractivity contribution is -0.137. The predicted molar refractivity (Wildman–Crippen MR) is 69.7 cm³/mol. The van der Waals surface area contributed by atoms with E-state index in [1.165, 1.54) is 6.07 Å². The zero-order chi connectivity index (χ0) is 14.9. The van der Waals surface area contributed by atoms with E-state index in [-0.39, 0.29) is 6.61 Å². The maximum absolute atomic E-state index is 12.6. The standard InChI is InChI=1S/C14H14F3N3O/c15-14(16,17)11-3-1-2-10(6-11)9-21-13-8-19-20-5-4-18-7-12(13)20/h1-3,6,8,18H,4-5,7,9H2. The Bertz CT molecular complexity index is 637. The molecule has 7 heteroatoms. The third-order valence-electron chi connectivity index (χ3n) is 3.35. The van der Waals surface area contributed by atoms with E-state index < -0.39 is 11.7 Å². The topological polar surface area (TPSA) is 39.1 Å².